The van der Waals surface area contributed by atoms with Crippen LogP contribution in [0.15, 0.2) is 117 Å². The minimum Gasteiger partial charge on any atom is -0.319 e. The lowest BCUT2D eigenvalue weighted by Gasteiger charge is -2.09. The van der Waals surface area contributed by atoms with E-state index in [0.717, 1.165) is 37.1 Å². The Labute approximate surface area is 281 Å². The molecule has 3 N–H and O–H groups in total. The molecule has 250 valence electrons. The first kappa shape index (κ1) is 36.0. The molecule has 6 aromatic rings. The van der Waals surface area contributed by atoms with Crippen LogP contribution in [0.1, 0.15) is 18.1 Å². The highest BCUT2D eigenvalue weighted by molar-refractivity contribution is 7.92. The van der Waals surface area contributed by atoms with E-state index in [1.54, 1.807) is 66.7 Å². The van der Waals surface area contributed by atoms with Crippen LogP contribution in [0.4, 0.5) is 0 Å². The summed E-state index contributed by atoms with van der Waals surface area (Å²) < 4.78 is 51.1. The molecule has 6 rings (SSSR count). The van der Waals surface area contributed by atoms with E-state index in [2.05, 4.69) is 30.6 Å². The summed E-state index contributed by atoms with van der Waals surface area (Å²) in [4.78, 5) is 2.63. The van der Waals surface area contributed by atoms with Gasteiger partial charge in [-0.3, -0.25) is 10.2 Å². The number of sulfone groups is 2. The zero-order valence-electron chi connectivity index (χ0n) is 27.3. The maximum absolute atomic E-state index is 12.8. The number of rotatable bonds is 10. The maximum atomic E-state index is 12.8. The van der Waals surface area contributed by atoms with E-state index in [1.165, 1.54) is 6.92 Å². The van der Waals surface area contributed by atoms with Crippen LogP contribution >= 0.6 is 0 Å². The summed E-state index contributed by atoms with van der Waals surface area (Å²) in [5.41, 5.74) is 3.49. The summed E-state index contributed by atoms with van der Waals surface area (Å²) in [5, 5.41) is 25.6. The highest BCUT2D eigenvalue weighted by atomic mass is 32.2. The van der Waals surface area contributed by atoms with Crippen molar-refractivity contribution >= 4 is 41.5 Å². The molecule has 0 unspecified atom stereocenters. The van der Waals surface area contributed by atoms with E-state index in [1.807, 2.05) is 57.5 Å². The van der Waals surface area contributed by atoms with Crippen molar-refractivity contribution in [2.24, 2.45) is 0 Å². The highest BCUT2D eigenvalue weighted by Gasteiger charge is 2.24. The zero-order chi connectivity index (χ0) is 34.7. The predicted octanol–water partition coefficient (Wildman–Crippen LogP) is 5.19. The van der Waals surface area contributed by atoms with Crippen molar-refractivity contribution < 1.29 is 16.8 Å². The number of nitrogens with one attached hydrogen (secondary N) is 3. The Kier molecular flexibility index (Phi) is 12.2. The third-order valence-electron chi connectivity index (χ3n) is 7.32. The van der Waals surface area contributed by atoms with Gasteiger partial charge in [0.2, 0.25) is 19.7 Å². The number of benzene rings is 4. The molecule has 2 aromatic heterocycles. The van der Waals surface area contributed by atoms with Crippen LogP contribution in [0.5, 0.6) is 0 Å². The van der Waals surface area contributed by atoms with Crippen molar-refractivity contribution in [1.29, 1.82) is 5.26 Å². The number of likely N-dealkylation sites (N-methyl/N-ethyl adjacent to an activating group) is 2. The van der Waals surface area contributed by atoms with Crippen molar-refractivity contribution in [3.8, 4) is 6.07 Å². The number of nitriles is 1. The van der Waals surface area contributed by atoms with Gasteiger partial charge in [0.25, 0.3) is 0 Å². The second kappa shape index (κ2) is 16.3. The van der Waals surface area contributed by atoms with Crippen molar-refractivity contribution in [3.63, 3.8) is 0 Å². The number of hydrogen-bond donors (Lipinski definition) is 3. The van der Waals surface area contributed by atoms with E-state index in [9.17, 15) is 16.8 Å². The standard InChI is InChI=1S/C17H19N3O2S.C16H17N3O2S.C2H3N/c1-20(2)11-10-13-8-9-16-15(12-13)17(19-18-16)23(21,22)14-6-4-3-5-7-14;1-17-10-9-12-7-8-15-14(11-12)16(19-18-15)22(20,21)13-5-3-2-4-6-13;1-2-3/h3-9,12H,10-11H2,1-2H3,(H,18,19);2-8,11,17H,9-10H2,1H3,(H,18,19);1H3. The summed E-state index contributed by atoms with van der Waals surface area (Å²) >= 11 is 0. The molecule has 0 fully saturated rings. The lowest BCUT2D eigenvalue weighted by atomic mass is 10.1. The lowest BCUT2D eigenvalue weighted by molar-refractivity contribution is 0.414. The average molecular weight is 686 g/mol. The Morgan fingerprint density at radius 3 is 1.52 bits per heavy atom. The fourth-order valence-electron chi connectivity index (χ4n) is 4.85. The molecule has 0 aliphatic heterocycles. The second-order valence-corrected chi connectivity index (χ2v) is 14.8. The van der Waals surface area contributed by atoms with Crippen LogP contribution < -0.4 is 5.32 Å². The minimum atomic E-state index is -3.60. The van der Waals surface area contributed by atoms with Gasteiger partial charge in [0.15, 0.2) is 10.1 Å². The van der Waals surface area contributed by atoms with Crippen LogP contribution in [-0.2, 0) is 32.5 Å². The van der Waals surface area contributed by atoms with Gasteiger partial charge in [-0.05, 0) is 100 Å². The van der Waals surface area contributed by atoms with E-state index in [0.29, 0.717) is 21.8 Å². The Balaban J connectivity index is 0.000000201. The maximum Gasteiger partial charge on any atom is 0.223 e. The van der Waals surface area contributed by atoms with Gasteiger partial charge in [-0.2, -0.15) is 15.5 Å². The van der Waals surface area contributed by atoms with E-state index in [4.69, 9.17) is 5.26 Å². The molecular weight excluding hydrogens is 647 g/mol. The van der Waals surface area contributed by atoms with Crippen LogP contribution in [0, 0.1) is 11.3 Å². The second-order valence-electron chi connectivity index (χ2n) is 11.1. The number of hydrogen-bond acceptors (Lipinski definition) is 9. The van der Waals surface area contributed by atoms with Crippen molar-refractivity contribution in [3.05, 3.63) is 108 Å². The van der Waals surface area contributed by atoms with Crippen LogP contribution in [0.2, 0.25) is 0 Å². The van der Waals surface area contributed by atoms with Crippen molar-refractivity contribution in [2.75, 3.05) is 34.2 Å². The third-order valence-corrected chi connectivity index (χ3v) is 10.8. The van der Waals surface area contributed by atoms with Crippen molar-refractivity contribution in [1.82, 2.24) is 30.6 Å². The molecular formula is C35H39N7O4S2. The summed E-state index contributed by atoms with van der Waals surface area (Å²) in [7, 11) is -1.27. The van der Waals surface area contributed by atoms with Crippen LogP contribution in [0.3, 0.4) is 0 Å². The Morgan fingerprint density at radius 2 is 1.12 bits per heavy atom. The molecule has 0 aliphatic carbocycles. The molecule has 0 aliphatic rings. The Morgan fingerprint density at radius 1 is 0.708 bits per heavy atom. The lowest BCUT2D eigenvalue weighted by Crippen LogP contribution is -2.15. The molecule has 13 heteroatoms. The van der Waals surface area contributed by atoms with Crippen molar-refractivity contribution in [2.45, 2.75) is 39.6 Å². The summed E-state index contributed by atoms with van der Waals surface area (Å²) in [5.74, 6) is 0. The number of fused-ring (bicyclic) bond motifs is 2. The van der Waals surface area contributed by atoms with Gasteiger partial charge in [0, 0.05) is 24.2 Å². The first-order valence-electron chi connectivity index (χ1n) is 15.2. The molecule has 0 saturated carbocycles. The normalized spacial score (nSPS) is 11.4. The van der Waals surface area contributed by atoms with Gasteiger partial charge in [0.05, 0.1) is 26.9 Å². The van der Waals surface area contributed by atoms with Gasteiger partial charge < -0.3 is 10.2 Å². The van der Waals surface area contributed by atoms with Gasteiger partial charge in [0.1, 0.15) is 0 Å². The van der Waals surface area contributed by atoms with E-state index >= 15 is 0 Å². The highest BCUT2D eigenvalue weighted by Crippen LogP contribution is 2.28. The fourth-order valence-corrected chi connectivity index (χ4v) is 7.59. The summed E-state index contributed by atoms with van der Waals surface area (Å²) in [6.45, 7) is 3.17. The largest absolute Gasteiger partial charge is 0.319 e. The topological polar surface area (TPSA) is 165 Å². The predicted molar refractivity (Wildman–Crippen MR) is 187 cm³/mol. The van der Waals surface area contributed by atoms with Gasteiger partial charge in [-0.1, -0.05) is 48.5 Å². The fraction of sp³-hybridized carbons (Fsp3) is 0.229. The van der Waals surface area contributed by atoms with E-state index < -0.39 is 19.7 Å². The molecule has 0 radical (unpaired) electrons. The average Bonchev–Trinajstić information content (AvgIpc) is 3.73. The van der Waals surface area contributed by atoms with Crippen LogP contribution in [-0.4, -0.2) is 76.4 Å². The first-order valence-corrected chi connectivity index (χ1v) is 18.1. The Hall–Kier alpha value is -4.87. The smallest absolute Gasteiger partial charge is 0.223 e. The molecule has 0 atom stereocenters. The number of H-pyrrole nitrogens is 2. The molecule has 0 bridgehead atoms. The molecule has 0 amide bonds. The van der Waals surface area contributed by atoms with Gasteiger partial charge >= 0.3 is 0 Å². The minimum absolute atomic E-state index is 0.153. The molecule has 11 nitrogen and oxygen atoms in total. The van der Waals surface area contributed by atoms with E-state index in [-0.39, 0.29) is 19.8 Å². The quantitative estimate of drug-likeness (QED) is 0.176. The summed E-state index contributed by atoms with van der Waals surface area (Å²) in [6, 6.07) is 30.0. The molecule has 48 heavy (non-hydrogen) atoms. The summed E-state index contributed by atoms with van der Waals surface area (Å²) in [6.07, 6.45) is 1.70. The zero-order valence-corrected chi connectivity index (χ0v) is 28.9. The number of aromatic nitrogens is 4. The van der Waals surface area contributed by atoms with Gasteiger partial charge in [-0.25, -0.2) is 16.8 Å². The molecule has 0 saturated heterocycles. The molecule has 4 aromatic carbocycles. The SMILES string of the molecule is CC#N.CN(C)CCc1ccc2n[nH]c(S(=O)(=O)c3ccccc3)c2c1.CNCCc1ccc2n[nH]c(S(=O)(=O)c3ccccc3)c2c1. The third kappa shape index (κ3) is 8.53. The first-order chi connectivity index (χ1) is 23.0. The molecule has 2 heterocycles. The molecule has 0 spiro atoms. The number of nitrogens with zero attached hydrogens (tertiary/aromatic N) is 4. The number of aromatic amines is 2. The van der Waals surface area contributed by atoms with Gasteiger partial charge in [-0.15, -0.1) is 0 Å². The Bertz CT molecular complexity index is 2210. The monoisotopic (exact) mass is 685 g/mol. The van der Waals surface area contributed by atoms with Crippen LogP contribution in [0.25, 0.3) is 21.8 Å².